The van der Waals surface area contributed by atoms with E-state index in [1.807, 2.05) is 0 Å². The predicted molar refractivity (Wildman–Crippen MR) is 90.4 cm³/mol. The summed E-state index contributed by atoms with van der Waals surface area (Å²) in [5.74, 6) is -0.924. The van der Waals surface area contributed by atoms with Gasteiger partial charge >= 0.3 is 10.2 Å². The molecule has 1 N–H and O–H groups in total. The standard InChI is InChI=1S/C14H19FN6O4S/c1-16-7-11(22)19-3-5-20(6-4-19)26(23,24)21-8-10(15)12-13(21)17-9-18-14(12)25-2/h8-9,16H,3-7H2,1-2H3. The predicted octanol–water partition coefficient (Wildman–Crippen LogP) is -0.964. The Kier molecular flexibility index (Phi) is 5.07. The summed E-state index contributed by atoms with van der Waals surface area (Å²) in [6, 6.07) is 0. The molecule has 1 fully saturated rings. The molecule has 12 heteroatoms. The van der Waals surface area contributed by atoms with Crippen molar-refractivity contribution in [1.82, 2.24) is 28.5 Å². The monoisotopic (exact) mass is 386 g/mol. The highest BCUT2D eigenvalue weighted by Crippen LogP contribution is 2.27. The molecule has 2 aromatic rings. The second-order valence-corrected chi connectivity index (χ2v) is 7.48. The van der Waals surface area contributed by atoms with Crippen LogP contribution < -0.4 is 10.1 Å². The molecule has 0 aromatic carbocycles. The first-order chi connectivity index (χ1) is 12.4. The fraction of sp³-hybridized carbons (Fsp3) is 0.500. The van der Waals surface area contributed by atoms with Gasteiger partial charge in [0.1, 0.15) is 11.7 Å². The van der Waals surface area contributed by atoms with Crippen LogP contribution in [0.15, 0.2) is 12.5 Å². The fourth-order valence-electron chi connectivity index (χ4n) is 2.85. The third kappa shape index (κ3) is 3.10. The highest BCUT2D eigenvalue weighted by atomic mass is 32.2. The molecule has 3 rings (SSSR count). The van der Waals surface area contributed by atoms with Crippen LogP contribution in [0.25, 0.3) is 11.0 Å². The molecule has 0 aliphatic carbocycles. The number of nitrogens with one attached hydrogen (secondary N) is 1. The zero-order valence-electron chi connectivity index (χ0n) is 14.3. The van der Waals surface area contributed by atoms with Crippen LogP contribution in [-0.4, -0.2) is 84.4 Å². The van der Waals surface area contributed by atoms with Gasteiger partial charge in [0.25, 0.3) is 0 Å². The van der Waals surface area contributed by atoms with Crippen molar-refractivity contribution in [1.29, 1.82) is 0 Å². The Morgan fingerprint density at radius 1 is 1.31 bits per heavy atom. The molecule has 1 aliphatic rings. The van der Waals surface area contributed by atoms with Gasteiger partial charge in [-0.1, -0.05) is 0 Å². The third-order valence-electron chi connectivity index (χ3n) is 4.16. The van der Waals surface area contributed by atoms with Gasteiger partial charge < -0.3 is 15.0 Å². The van der Waals surface area contributed by atoms with E-state index < -0.39 is 16.0 Å². The summed E-state index contributed by atoms with van der Waals surface area (Å²) in [5, 5.41) is 2.67. The number of methoxy groups -OCH3 is 1. The molecular weight excluding hydrogens is 367 g/mol. The Morgan fingerprint density at radius 3 is 2.62 bits per heavy atom. The maximum atomic E-state index is 14.3. The first kappa shape index (κ1) is 18.5. The Hall–Kier alpha value is -2.31. The number of fused-ring (bicyclic) bond motifs is 1. The molecule has 26 heavy (non-hydrogen) atoms. The molecule has 0 radical (unpaired) electrons. The molecule has 2 aromatic heterocycles. The number of aromatic nitrogens is 3. The van der Waals surface area contributed by atoms with Crippen LogP contribution in [0, 0.1) is 5.82 Å². The molecule has 10 nitrogen and oxygen atoms in total. The van der Waals surface area contributed by atoms with Crippen LogP contribution in [-0.2, 0) is 15.0 Å². The van der Waals surface area contributed by atoms with Gasteiger partial charge in [-0.3, -0.25) is 4.79 Å². The number of ether oxygens (including phenoxy) is 1. The number of hydrogen-bond acceptors (Lipinski definition) is 7. The average molecular weight is 386 g/mol. The number of rotatable bonds is 5. The molecule has 142 valence electrons. The van der Waals surface area contributed by atoms with Crippen molar-refractivity contribution in [2.75, 3.05) is 46.9 Å². The van der Waals surface area contributed by atoms with E-state index in [2.05, 4.69) is 15.3 Å². The number of carbonyl (C=O) groups excluding carboxylic acids is 1. The van der Waals surface area contributed by atoms with Gasteiger partial charge in [0.05, 0.1) is 19.9 Å². The first-order valence-corrected chi connectivity index (χ1v) is 9.28. The van der Waals surface area contributed by atoms with Crippen LogP contribution in [0.4, 0.5) is 4.39 Å². The summed E-state index contributed by atoms with van der Waals surface area (Å²) in [6.07, 6.45) is 1.97. The minimum absolute atomic E-state index is 0.0380. The van der Waals surface area contributed by atoms with Crippen LogP contribution in [0.3, 0.4) is 0 Å². The van der Waals surface area contributed by atoms with Gasteiger partial charge in [0.2, 0.25) is 11.8 Å². The summed E-state index contributed by atoms with van der Waals surface area (Å²) < 4.78 is 47.1. The number of halogens is 1. The SMILES string of the molecule is CNCC(=O)N1CCN(S(=O)(=O)n2cc(F)c3c(OC)ncnc32)CC1. The average Bonchev–Trinajstić information content (AvgIpc) is 3.00. The van der Waals surface area contributed by atoms with Crippen molar-refractivity contribution in [3.05, 3.63) is 18.3 Å². The molecule has 3 heterocycles. The van der Waals surface area contributed by atoms with Crippen LogP contribution >= 0.6 is 0 Å². The fourth-order valence-corrected chi connectivity index (χ4v) is 4.31. The lowest BCUT2D eigenvalue weighted by molar-refractivity contribution is -0.131. The van der Waals surface area contributed by atoms with Gasteiger partial charge in [-0.15, -0.1) is 0 Å². The maximum Gasteiger partial charge on any atom is 0.309 e. The number of amides is 1. The van der Waals surface area contributed by atoms with Crippen molar-refractivity contribution in [3.8, 4) is 5.88 Å². The van der Waals surface area contributed by atoms with Crippen LogP contribution in [0.2, 0.25) is 0 Å². The number of likely N-dealkylation sites (N-methyl/N-ethyl adjacent to an activating group) is 1. The summed E-state index contributed by atoms with van der Waals surface area (Å²) in [4.78, 5) is 21.2. The highest BCUT2D eigenvalue weighted by molar-refractivity contribution is 7.87. The Morgan fingerprint density at radius 2 is 2.00 bits per heavy atom. The highest BCUT2D eigenvalue weighted by Gasteiger charge is 2.32. The van der Waals surface area contributed by atoms with Crippen molar-refractivity contribution in [2.24, 2.45) is 0 Å². The topological polar surface area (TPSA) is 110 Å². The lowest BCUT2D eigenvalue weighted by Crippen LogP contribution is -2.53. The third-order valence-corrected chi connectivity index (χ3v) is 5.95. The van der Waals surface area contributed by atoms with Crippen molar-refractivity contribution < 1.29 is 22.3 Å². The van der Waals surface area contributed by atoms with E-state index >= 15 is 0 Å². The lowest BCUT2D eigenvalue weighted by atomic mass is 10.3. The van der Waals surface area contributed by atoms with E-state index in [0.29, 0.717) is 0 Å². The largest absolute Gasteiger partial charge is 0.480 e. The molecule has 1 amide bonds. The normalized spacial score (nSPS) is 16.2. The second-order valence-electron chi connectivity index (χ2n) is 5.67. The summed E-state index contributed by atoms with van der Waals surface area (Å²) in [5.41, 5.74) is -0.0944. The molecule has 1 saturated heterocycles. The summed E-state index contributed by atoms with van der Waals surface area (Å²) >= 11 is 0. The lowest BCUT2D eigenvalue weighted by Gasteiger charge is -2.34. The number of nitrogens with zero attached hydrogens (tertiary/aromatic N) is 5. The maximum absolute atomic E-state index is 14.3. The summed E-state index contributed by atoms with van der Waals surface area (Å²) in [7, 11) is -1.06. The number of piperazine rings is 1. The zero-order chi connectivity index (χ0) is 18.9. The van der Waals surface area contributed by atoms with E-state index in [1.165, 1.54) is 11.4 Å². The van der Waals surface area contributed by atoms with Gasteiger partial charge in [0, 0.05) is 26.2 Å². The number of carbonyl (C=O) groups is 1. The van der Waals surface area contributed by atoms with E-state index in [9.17, 15) is 17.6 Å². The number of hydrogen-bond donors (Lipinski definition) is 1. The van der Waals surface area contributed by atoms with Crippen molar-refractivity contribution >= 4 is 27.1 Å². The van der Waals surface area contributed by atoms with E-state index in [1.54, 1.807) is 11.9 Å². The smallest absolute Gasteiger partial charge is 0.309 e. The van der Waals surface area contributed by atoms with Crippen LogP contribution in [0.5, 0.6) is 5.88 Å². The molecule has 1 aliphatic heterocycles. The minimum atomic E-state index is -4.04. The molecular formula is C14H19FN6O4S. The molecule has 0 spiro atoms. The minimum Gasteiger partial charge on any atom is -0.480 e. The van der Waals surface area contributed by atoms with Gasteiger partial charge in [0.15, 0.2) is 11.5 Å². The van der Waals surface area contributed by atoms with Crippen molar-refractivity contribution in [2.45, 2.75) is 0 Å². The van der Waals surface area contributed by atoms with Gasteiger partial charge in [-0.2, -0.15) is 12.7 Å². The Bertz CT molecular complexity index is 923. The molecule has 0 unspecified atom stereocenters. The summed E-state index contributed by atoms with van der Waals surface area (Å²) in [6.45, 7) is 0.943. The van der Waals surface area contributed by atoms with Crippen molar-refractivity contribution in [3.63, 3.8) is 0 Å². The van der Waals surface area contributed by atoms with Gasteiger partial charge in [-0.05, 0) is 7.05 Å². The van der Waals surface area contributed by atoms with E-state index in [4.69, 9.17) is 4.74 Å². The second kappa shape index (κ2) is 7.13. The quantitative estimate of drug-likeness (QED) is 0.704. The molecule has 0 saturated carbocycles. The van der Waals surface area contributed by atoms with E-state index in [-0.39, 0.29) is 55.5 Å². The molecule has 0 atom stereocenters. The van der Waals surface area contributed by atoms with Crippen LogP contribution in [0.1, 0.15) is 0 Å². The zero-order valence-corrected chi connectivity index (χ0v) is 15.2. The molecule has 0 bridgehead atoms. The van der Waals surface area contributed by atoms with Gasteiger partial charge in [-0.25, -0.2) is 18.3 Å². The Labute approximate surface area is 149 Å². The van der Waals surface area contributed by atoms with E-state index in [0.717, 1.165) is 16.5 Å². The Balaban J connectivity index is 1.88. The first-order valence-electron chi connectivity index (χ1n) is 7.88.